The molecule has 3 unspecified atom stereocenters. The van der Waals surface area contributed by atoms with Gasteiger partial charge < -0.3 is 0 Å². The summed E-state index contributed by atoms with van der Waals surface area (Å²) in [4.78, 5) is 11.5. The molecule has 0 aromatic heterocycles. The molecule has 0 aromatic rings. The van der Waals surface area contributed by atoms with Crippen molar-refractivity contribution in [3.63, 3.8) is 0 Å². The van der Waals surface area contributed by atoms with Crippen molar-refractivity contribution in [2.75, 3.05) is 0 Å². The molecule has 1 nitrogen and oxygen atoms in total. The Morgan fingerprint density at radius 3 is 2.43 bits per heavy atom. The second-order valence-corrected chi connectivity index (χ2v) is 5.24. The fraction of sp³-hybridized carbons (Fsp3) is 0.923. The van der Waals surface area contributed by atoms with Crippen molar-refractivity contribution in [1.29, 1.82) is 0 Å². The molecule has 0 saturated heterocycles. The summed E-state index contributed by atoms with van der Waals surface area (Å²) in [5.41, 5.74) is 0. The van der Waals surface area contributed by atoms with E-state index >= 15 is 0 Å². The van der Waals surface area contributed by atoms with Gasteiger partial charge in [0, 0.05) is 12.8 Å². The monoisotopic (exact) mass is 196 g/mol. The molecule has 1 aliphatic carbocycles. The number of ketones is 1. The van der Waals surface area contributed by atoms with E-state index in [1.165, 1.54) is 6.42 Å². The van der Waals surface area contributed by atoms with Gasteiger partial charge in [0.05, 0.1) is 0 Å². The maximum Gasteiger partial charge on any atom is 0.133 e. The van der Waals surface area contributed by atoms with Gasteiger partial charge >= 0.3 is 0 Å². The Kier molecular flexibility index (Phi) is 4.15. The molecule has 1 rings (SSSR count). The third-order valence-electron chi connectivity index (χ3n) is 4.00. The first-order valence-electron chi connectivity index (χ1n) is 6.08. The lowest BCUT2D eigenvalue weighted by atomic mass is 9.68. The van der Waals surface area contributed by atoms with E-state index in [0.29, 0.717) is 17.6 Å². The second kappa shape index (κ2) is 4.95. The Labute approximate surface area is 88.3 Å². The SMILES string of the molecule is CCC(C)C1CC(=O)CCC1C(C)C. The maximum absolute atomic E-state index is 11.5. The fourth-order valence-corrected chi connectivity index (χ4v) is 2.81. The molecule has 82 valence electrons. The Bertz CT molecular complexity index is 195. The highest BCUT2D eigenvalue weighted by Gasteiger charge is 2.33. The van der Waals surface area contributed by atoms with Gasteiger partial charge in [-0.3, -0.25) is 4.79 Å². The zero-order valence-electron chi connectivity index (χ0n) is 10.0. The summed E-state index contributed by atoms with van der Waals surface area (Å²) in [5, 5.41) is 0. The van der Waals surface area contributed by atoms with Crippen LogP contribution >= 0.6 is 0 Å². The first-order chi connectivity index (χ1) is 6.56. The normalized spacial score (nSPS) is 30.8. The van der Waals surface area contributed by atoms with Crippen molar-refractivity contribution in [3.05, 3.63) is 0 Å². The van der Waals surface area contributed by atoms with Crippen LogP contribution in [-0.2, 0) is 4.79 Å². The lowest BCUT2D eigenvalue weighted by molar-refractivity contribution is -0.124. The predicted octanol–water partition coefficient (Wildman–Crippen LogP) is 3.67. The molecule has 0 aliphatic heterocycles. The summed E-state index contributed by atoms with van der Waals surface area (Å²) < 4.78 is 0. The molecule has 0 bridgehead atoms. The van der Waals surface area contributed by atoms with Crippen molar-refractivity contribution in [2.24, 2.45) is 23.7 Å². The Morgan fingerprint density at radius 1 is 1.29 bits per heavy atom. The minimum absolute atomic E-state index is 0.493. The fourth-order valence-electron chi connectivity index (χ4n) is 2.81. The van der Waals surface area contributed by atoms with Crippen molar-refractivity contribution in [1.82, 2.24) is 0 Å². The third-order valence-corrected chi connectivity index (χ3v) is 4.00. The molecule has 1 fully saturated rings. The van der Waals surface area contributed by atoms with E-state index in [-0.39, 0.29) is 0 Å². The molecule has 0 heterocycles. The van der Waals surface area contributed by atoms with Crippen LogP contribution in [0.1, 0.15) is 53.4 Å². The summed E-state index contributed by atoms with van der Waals surface area (Å²) in [6, 6.07) is 0. The van der Waals surface area contributed by atoms with E-state index in [1.54, 1.807) is 0 Å². The minimum Gasteiger partial charge on any atom is -0.300 e. The summed E-state index contributed by atoms with van der Waals surface area (Å²) in [7, 11) is 0. The Balaban J connectivity index is 2.68. The molecule has 1 saturated carbocycles. The van der Waals surface area contributed by atoms with E-state index in [4.69, 9.17) is 0 Å². The summed E-state index contributed by atoms with van der Waals surface area (Å²) in [5.74, 6) is 3.38. The number of carbonyl (C=O) groups excluding carboxylic acids is 1. The van der Waals surface area contributed by atoms with Gasteiger partial charge in [0.2, 0.25) is 0 Å². The topological polar surface area (TPSA) is 17.1 Å². The third kappa shape index (κ3) is 2.59. The predicted molar refractivity (Wildman–Crippen MR) is 60.1 cm³/mol. The van der Waals surface area contributed by atoms with Gasteiger partial charge in [-0.25, -0.2) is 0 Å². The average molecular weight is 196 g/mol. The lowest BCUT2D eigenvalue weighted by Crippen LogP contribution is -2.32. The van der Waals surface area contributed by atoms with Crippen LogP contribution in [0.2, 0.25) is 0 Å². The smallest absolute Gasteiger partial charge is 0.133 e. The summed E-state index contributed by atoms with van der Waals surface area (Å²) in [6.07, 6.45) is 4.01. The quantitative estimate of drug-likeness (QED) is 0.673. The molecule has 0 amide bonds. The van der Waals surface area contributed by atoms with Gasteiger partial charge in [0.25, 0.3) is 0 Å². The van der Waals surface area contributed by atoms with Crippen LogP contribution in [-0.4, -0.2) is 5.78 Å². The number of Topliss-reactive ketones (excluding diaryl/α,β-unsaturated/α-hetero) is 1. The molecule has 1 aliphatic rings. The highest BCUT2D eigenvalue weighted by atomic mass is 16.1. The zero-order chi connectivity index (χ0) is 10.7. The van der Waals surface area contributed by atoms with Gasteiger partial charge in [-0.15, -0.1) is 0 Å². The van der Waals surface area contributed by atoms with Gasteiger partial charge in [0.1, 0.15) is 5.78 Å². The summed E-state index contributed by atoms with van der Waals surface area (Å²) >= 11 is 0. The molecule has 0 radical (unpaired) electrons. The molecular weight excluding hydrogens is 172 g/mol. The number of carbonyl (C=O) groups is 1. The number of hydrogen-bond acceptors (Lipinski definition) is 1. The van der Waals surface area contributed by atoms with Crippen molar-refractivity contribution in [3.8, 4) is 0 Å². The van der Waals surface area contributed by atoms with Gasteiger partial charge in [-0.05, 0) is 30.1 Å². The van der Waals surface area contributed by atoms with Crippen molar-refractivity contribution in [2.45, 2.75) is 53.4 Å². The lowest BCUT2D eigenvalue weighted by Gasteiger charge is -2.37. The number of rotatable bonds is 3. The minimum atomic E-state index is 0.493. The average Bonchev–Trinajstić information content (AvgIpc) is 2.16. The first-order valence-corrected chi connectivity index (χ1v) is 6.08. The van der Waals surface area contributed by atoms with E-state index < -0.39 is 0 Å². The van der Waals surface area contributed by atoms with Crippen molar-refractivity contribution < 1.29 is 4.79 Å². The van der Waals surface area contributed by atoms with Crippen LogP contribution < -0.4 is 0 Å². The van der Waals surface area contributed by atoms with Crippen LogP contribution in [0.15, 0.2) is 0 Å². The van der Waals surface area contributed by atoms with E-state index in [2.05, 4.69) is 27.7 Å². The van der Waals surface area contributed by atoms with Crippen LogP contribution in [0.5, 0.6) is 0 Å². The van der Waals surface area contributed by atoms with Gasteiger partial charge in [0.15, 0.2) is 0 Å². The second-order valence-electron chi connectivity index (χ2n) is 5.24. The van der Waals surface area contributed by atoms with Crippen molar-refractivity contribution >= 4 is 5.78 Å². The van der Waals surface area contributed by atoms with Crippen LogP contribution in [0.3, 0.4) is 0 Å². The molecule has 14 heavy (non-hydrogen) atoms. The van der Waals surface area contributed by atoms with E-state index in [1.807, 2.05) is 0 Å². The maximum atomic E-state index is 11.5. The molecule has 0 aromatic carbocycles. The van der Waals surface area contributed by atoms with Crippen LogP contribution in [0, 0.1) is 23.7 Å². The van der Waals surface area contributed by atoms with Gasteiger partial charge in [-0.2, -0.15) is 0 Å². The molecule has 3 atom stereocenters. The van der Waals surface area contributed by atoms with E-state index in [0.717, 1.165) is 31.1 Å². The zero-order valence-corrected chi connectivity index (χ0v) is 10.0. The standard InChI is InChI=1S/C13H24O/c1-5-10(4)13-8-11(14)6-7-12(13)9(2)3/h9-10,12-13H,5-8H2,1-4H3. The molecule has 0 N–H and O–H groups in total. The molecular formula is C13H24O. The highest BCUT2D eigenvalue weighted by molar-refractivity contribution is 5.79. The van der Waals surface area contributed by atoms with Crippen LogP contribution in [0.25, 0.3) is 0 Å². The first kappa shape index (κ1) is 11.7. The van der Waals surface area contributed by atoms with Gasteiger partial charge in [-0.1, -0.05) is 34.1 Å². The molecule has 1 heteroatoms. The Hall–Kier alpha value is -0.330. The highest BCUT2D eigenvalue weighted by Crippen LogP contribution is 2.38. The van der Waals surface area contributed by atoms with Crippen LogP contribution in [0.4, 0.5) is 0 Å². The summed E-state index contributed by atoms with van der Waals surface area (Å²) in [6.45, 7) is 9.14. The number of hydrogen-bond donors (Lipinski definition) is 0. The molecule has 0 spiro atoms. The van der Waals surface area contributed by atoms with E-state index in [9.17, 15) is 4.79 Å². The largest absolute Gasteiger partial charge is 0.300 e. The Morgan fingerprint density at radius 2 is 1.93 bits per heavy atom.